The number of rotatable bonds is 5. The Bertz CT molecular complexity index is 419. The first-order valence-corrected chi connectivity index (χ1v) is 6.70. The van der Waals surface area contributed by atoms with Gasteiger partial charge in [-0.15, -0.1) is 0 Å². The summed E-state index contributed by atoms with van der Waals surface area (Å²) in [6, 6.07) is 7.04. The molecule has 1 aromatic rings. The van der Waals surface area contributed by atoms with Crippen LogP contribution in [0.25, 0.3) is 0 Å². The molecule has 0 aliphatic rings. The molecule has 0 bridgehead atoms. The van der Waals surface area contributed by atoms with Crippen LogP contribution in [-0.2, 0) is 6.54 Å². The third-order valence-electron chi connectivity index (χ3n) is 3.06. The van der Waals surface area contributed by atoms with Crippen molar-refractivity contribution in [2.45, 2.75) is 46.7 Å². The van der Waals surface area contributed by atoms with Crippen molar-refractivity contribution in [2.75, 3.05) is 6.54 Å². The van der Waals surface area contributed by atoms with Crippen molar-refractivity contribution in [1.29, 1.82) is 0 Å². The molecular weight excluding hydrogens is 240 g/mol. The second-order valence-electron chi connectivity index (χ2n) is 6.38. The van der Waals surface area contributed by atoms with Crippen molar-refractivity contribution in [3.63, 3.8) is 0 Å². The average Bonchev–Trinajstić information content (AvgIpc) is 2.27. The van der Waals surface area contributed by atoms with Crippen LogP contribution in [0.5, 0.6) is 0 Å². The highest BCUT2D eigenvalue weighted by Crippen LogP contribution is 2.20. The van der Waals surface area contributed by atoms with Crippen molar-refractivity contribution in [2.24, 2.45) is 5.92 Å². The van der Waals surface area contributed by atoms with E-state index in [1.54, 1.807) is 12.1 Å². The van der Waals surface area contributed by atoms with Gasteiger partial charge < -0.3 is 0 Å². The molecule has 106 valence electrons. The van der Waals surface area contributed by atoms with Gasteiger partial charge in [0.25, 0.3) is 4.92 Å². The standard InChI is InChI=1S/C15H25N2O2/c1-12(2)10-16(15(3,4)5)11-13-6-8-14(9-7-13)17(18)19/h6-9,12H,10-11H2,1-5H3,(H,18,19)/q+1. The molecule has 4 nitrogen and oxygen atoms in total. The first-order chi connectivity index (χ1) is 8.70. The lowest BCUT2D eigenvalue weighted by molar-refractivity contribution is -0.729. The van der Waals surface area contributed by atoms with Gasteiger partial charge in [-0.25, -0.2) is 5.21 Å². The zero-order valence-corrected chi connectivity index (χ0v) is 12.6. The van der Waals surface area contributed by atoms with Crippen molar-refractivity contribution in [1.82, 2.24) is 4.90 Å². The van der Waals surface area contributed by atoms with Gasteiger partial charge in [0, 0.05) is 30.8 Å². The summed E-state index contributed by atoms with van der Waals surface area (Å²) in [7, 11) is 0. The molecular formula is C15H25N2O2+. The molecule has 1 aromatic carbocycles. The summed E-state index contributed by atoms with van der Waals surface area (Å²) >= 11 is 0. The summed E-state index contributed by atoms with van der Waals surface area (Å²) in [5.74, 6) is 0.605. The summed E-state index contributed by atoms with van der Waals surface area (Å²) in [5.41, 5.74) is 1.50. The number of hydrogen-bond donors (Lipinski definition) is 1. The fraction of sp³-hybridized carbons (Fsp3) is 0.600. The van der Waals surface area contributed by atoms with Crippen molar-refractivity contribution >= 4 is 5.69 Å². The first-order valence-electron chi connectivity index (χ1n) is 6.70. The monoisotopic (exact) mass is 265 g/mol. The minimum Gasteiger partial charge on any atom is -0.294 e. The maximum atomic E-state index is 10.7. The van der Waals surface area contributed by atoms with Crippen LogP contribution >= 0.6 is 0 Å². The van der Waals surface area contributed by atoms with Gasteiger partial charge in [0.05, 0.1) is 4.91 Å². The largest absolute Gasteiger partial charge is 0.316 e. The van der Waals surface area contributed by atoms with Crippen LogP contribution in [0.3, 0.4) is 0 Å². The molecule has 0 aliphatic carbocycles. The summed E-state index contributed by atoms with van der Waals surface area (Å²) in [5, 5.41) is 8.81. The van der Waals surface area contributed by atoms with Gasteiger partial charge in [-0.3, -0.25) is 4.90 Å². The van der Waals surface area contributed by atoms with E-state index in [1.807, 2.05) is 12.1 Å². The van der Waals surface area contributed by atoms with E-state index < -0.39 is 0 Å². The van der Waals surface area contributed by atoms with Gasteiger partial charge in [0.15, 0.2) is 0 Å². The quantitative estimate of drug-likeness (QED) is 0.825. The molecule has 1 N–H and O–H groups in total. The fourth-order valence-corrected chi connectivity index (χ4v) is 1.97. The van der Waals surface area contributed by atoms with Gasteiger partial charge in [-0.1, -0.05) is 26.0 Å². The van der Waals surface area contributed by atoms with E-state index in [0.717, 1.165) is 18.7 Å². The Morgan fingerprint density at radius 2 is 1.74 bits per heavy atom. The van der Waals surface area contributed by atoms with Crippen LogP contribution in [0.2, 0.25) is 0 Å². The van der Waals surface area contributed by atoms with Gasteiger partial charge in [0.1, 0.15) is 0 Å². The lowest BCUT2D eigenvalue weighted by Crippen LogP contribution is -2.42. The van der Waals surface area contributed by atoms with Gasteiger partial charge >= 0.3 is 5.69 Å². The molecule has 0 radical (unpaired) electrons. The van der Waals surface area contributed by atoms with Crippen LogP contribution in [-0.4, -0.2) is 27.1 Å². The van der Waals surface area contributed by atoms with Gasteiger partial charge in [-0.2, -0.15) is 0 Å². The molecule has 19 heavy (non-hydrogen) atoms. The first kappa shape index (κ1) is 15.6. The van der Waals surface area contributed by atoms with Crippen LogP contribution < -0.4 is 0 Å². The molecule has 0 heterocycles. The summed E-state index contributed by atoms with van der Waals surface area (Å²) in [4.78, 5) is 13.1. The number of benzene rings is 1. The highest BCUT2D eigenvalue weighted by Gasteiger charge is 2.22. The minimum absolute atomic E-state index is 0.102. The van der Waals surface area contributed by atoms with E-state index in [4.69, 9.17) is 5.21 Å². The van der Waals surface area contributed by atoms with Crippen LogP contribution in [0.15, 0.2) is 24.3 Å². The van der Waals surface area contributed by atoms with E-state index in [9.17, 15) is 4.91 Å². The maximum absolute atomic E-state index is 10.7. The molecule has 0 saturated carbocycles. The highest BCUT2D eigenvalue weighted by molar-refractivity contribution is 5.32. The molecule has 0 aliphatic heterocycles. The van der Waals surface area contributed by atoms with E-state index in [1.165, 1.54) is 0 Å². The molecule has 0 saturated heterocycles. The molecule has 0 fully saturated rings. The zero-order chi connectivity index (χ0) is 14.6. The van der Waals surface area contributed by atoms with Gasteiger partial charge in [-0.05, 0) is 32.3 Å². The Hall–Kier alpha value is -1.42. The van der Waals surface area contributed by atoms with Crippen molar-refractivity contribution in [3.05, 3.63) is 34.7 Å². The molecule has 4 heteroatoms. The Balaban J connectivity index is 2.81. The molecule has 0 atom stereocenters. The van der Waals surface area contributed by atoms with Crippen LogP contribution in [0.1, 0.15) is 40.2 Å². The van der Waals surface area contributed by atoms with Crippen LogP contribution in [0.4, 0.5) is 5.69 Å². The second kappa shape index (κ2) is 6.15. The van der Waals surface area contributed by atoms with E-state index in [2.05, 4.69) is 39.5 Å². The third-order valence-corrected chi connectivity index (χ3v) is 3.06. The topological polar surface area (TPSA) is 43.5 Å². The smallest absolute Gasteiger partial charge is 0.294 e. The summed E-state index contributed by atoms with van der Waals surface area (Å²) in [6.07, 6.45) is 0. The Morgan fingerprint density at radius 3 is 2.11 bits per heavy atom. The Kier molecular flexibility index (Phi) is 5.06. The van der Waals surface area contributed by atoms with Gasteiger partial charge in [0.2, 0.25) is 0 Å². The Morgan fingerprint density at radius 1 is 1.21 bits per heavy atom. The zero-order valence-electron chi connectivity index (χ0n) is 12.6. The lowest BCUT2D eigenvalue weighted by Gasteiger charge is -2.37. The van der Waals surface area contributed by atoms with Crippen LogP contribution in [0, 0.1) is 10.8 Å². The van der Waals surface area contributed by atoms with Crippen molar-refractivity contribution < 1.29 is 10.1 Å². The predicted molar refractivity (Wildman–Crippen MR) is 76.5 cm³/mol. The molecule has 0 unspecified atom stereocenters. The number of nitrogens with zero attached hydrogens (tertiary/aromatic N) is 2. The summed E-state index contributed by atoms with van der Waals surface area (Å²) < 4.78 is 0. The number of hydrogen-bond acceptors (Lipinski definition) is 2. The molecule has 1 rings (SSSR count). The summed E-state index contributed by atoms with van der Waals surface area (Å²) in [6.45, 7) is 12.9. The molecule has 0 amide bonds. The second-order valence-corrected chi connectivity index (χ2v) is 6.38. The molecule has 0 spiro atoms. The average molecular weight is 265 g/mol. The normalized spacial score (nSPS) is 12.2. The maximum Gasteiger partial charge on any atom is 0.316 e. The minimum atomic E-state index is -0.112. The van der Waals surface area contributed by atoms with E-state index in [0.29, 0.717) is 5.92 Å². The predicted octanol–water partition coefficient (Wildman–Crippen LogP) is 3.74. The van der Waals surface area contributed by atoms with Crippen molar-refractivity contribution in [3.8, 4) is 0 Å². The lowest BCUT2D eigenvalue weighted by atomic mass is 10.0. The highest BCUT2D eigenvalue weighted by atomic mass is 16.6. The SMILES string of the molecule is CC(C)CN(Cc1ccc([N+](=O)O)cc1)C(C)(C)C. The van der Waals surface area contributed by atoms with E-state index in [-0.39, 0.29) is 16.1 Å². The third kappa shape index (κ3) is 4.99. The molecule has 0 aromatic heterocycles. The Labute approximate surface area is 115 Å². The van der Waals surface area contributed by atoms with E-state index >= 15 is 0 Å². The fourth-order valence-electron chi connectivity index (χ4n) is 1.97.